The first-order valence-electron chi connectivity index (χ1n) is 9.90. The highest BCUT2D eigenvalue weighted by Crippen LogP contribution is 2.30. The van der Waals surface area contributed by atoms with E-state index in [-0.39, 0.29) is 18.1 Å². The predicted octanol–water partition coefficient (Wildman–Crippen LogP) is 2.07. The lowest BCUT2D eigenvalue weighted by Gasteiger charge is -2.24. The number of para-hydroxylation sites is 1. The highest BCUT2D eigenvalue weighted by molar-refractivity contribution is 5.94. The maximum absolute atomic E-state index is 12.9. The molecule has 0 bridgehead atoms. The van der Waals surface area contributed by atoms with E-state index in [1.165, 1.54) is 14.2 Å². The van der Waals surface area contributed by atoms with Crippen LogP contribution in [0, 0.1) is 0 Å². The van der Waals surface area contributed by atoms with Crippen molar-refractivity contribution in [1.82, 2.24) is 20.2 Å². The van der Waals surface area contributed by atoms with E-state index in [0.717, 1.165) is 5.56 Å². The van der Waals surface area contributed by atoms with Crippen molar-refractivity contribution in [3.05, 3.63) is 81.5 Å². The number of methoxy groups -OCH3 is 2. The topological polar surface area (TPSA) is 117 Å². The number of nitrogens with one attached hydrogen (secondary N) is 2. The molecule has 32 heavy (non-hydrogen) atoms. The van der Waals surface area contributed by atoms with Crippen molar-refractivity contribution >= 4 is 5.91 Å². The molecule has 3 aromatic rings. The Morgan fingerprint density at radius 2 is 1.84 bits per heavy atom. The lowest BCUT2D eigenvalue weighted by molar-refractivity contribution is 0.0941. The minimum absolute atomic E-state index is 0.0816. The molecule has 168 valence electrons. The molecule has 0 aliphatic carbocycles. The Kier molecular flexibility index (Phi) is 7.11. The summed E-state index contributed by atoms with van der Waals surface area (Å²) in [7, 11) is 6.69. The van der Waals surface area contributed by atoms with Crippen molar-refractivity contribution < 1.29 is 19.4 Å². The van der Waals surface area contributed by atoms with Gasteiger partial charge in [0.1, 0.15) is 5.82 Å². The summed E-state index contributed by atoms with van der Waals surface area (Å²) in [5, 5.41) is 12.9. The predicted molar refractivity (Wildman–Crippen MR) is 119 cm³/mol. The summed E-state index contributed by atoms with van der Waals surface area (Å²) >= 11 is 0. The molecule has 3 N–H and O–H groups in total. The van der Waals surface area contributed by atoms with E-state index in [9.17, 15) is 14.7 Å². The first-order valence-corrected chi connectivity index (χ1v) is 9.90. The van der Waals surface area contributed by atoms with E-state index in [4.69, 9.17) is 9.47 Å². The molecule has 0 aliphatic rings. The molecule has 1 atom stereocenters. The maximum Gasteiger partial charge on any atom is 0.293 e. The van der Waals surface area contributed by atoms with E-state index in [1.807, 2.05) is 49.3 Å². The number of H-pyrrole nitrogens is 1. The number of hydrogen-bond donors (Lipinski definition) is 3. The van der Waals surface area contributed by atoms with Crippen molar-refractivity contribution in [3.63, 3.8) is 0 Å². The van der Waals surface area contributed by atoms with Gasteiger partial charge in [-0.2, -0.15) is 0 Å². The van der Waals surface area contributed by atoms with Gasteiger partial charge in [-0.05, 0) is 25.7 Å². The van der Waals surface area contributed by atoms with Crippen LogP contribution in [0.15, 0.2) is 53.3 Å². The molecule has 3 rings (SSSR count). The second kappa shape index (κ2) is 9.97. The number of nitrogens with zero attached hydrogens (tertiary/aromatic N) is 2. The number of ether oxygens (including phenoxy) is 2. The molecule has 0 radical (unpaired) electrons. The van der Waals surface area contributed by atoms with Gasteiger partial charge in [-0.25, -0.2) is 4.98 Å². The van der Waals surface area contributed by atoms with Crippen LogP contribution in [0.25, 0.3) is 0 Å². The van der Waals surface area contributed by atoms with Gasteiger partial charge in [0.2, 0.25) is 5.75 Å². The van der Waals surface area contributed by atoms with Crippen LogP contribution in [0.5, 0.6) is 17.2 Å². The van der Waals surface area contributed by atoms with Gasteiger partial charge in [0.05, 0.1) is 20.3 Å². The minimum Gasteiger partial charge on any atom is -0.501 e. The molecule has 1 amide bonds. The van der Waals surface area contributed by atoms with Crippen molar-refractivity contribution in [2.45, 2.75) is 12.6 Å². The second-order valence-electron chi connectivity index (χ2n) is 7.26. The van der Waals surface area contributed by atoms with E-state index < -0.39 is 23.3 Å². The summed E-state index contributed by atoms with van der Waals surface area (Å²) in [6, 6.07) is 14.3. The fraction of sp³-hybridized carbons (Fsp3) is 0.261. The zero-order valence-electron chi connectivity index (χ0n) is 18.4. The normalized spacial score (nSPS) is 11.8. The van der Waals surface area contributed by atoms with Gasteiger partial charge in [0.15, 0.2) is 17.2 Å². The first kappa shape index (κ1) is 22.8. The standard InChI is InChI=1S/C23H26N4O5/c1-27(2)18(14-9-6-5-7-10-14)21-25-17(19(28)23(30)26-21)22(29)24-13-15-11-8-12-16(31-3)20(15)32-4/h5-12,18,28H,13H2,1-4H3,(H,24,29)(H,25,26,30). The lowest BCUT2D eigenvalue weighted by Crippen LogP contribution is -2.30. The molecule has 0 saturated heterocycles. The monoisotopic (exact) mass is 438 g/mol. The van der Waals surface area contributed by atoms with Crippen LogP contribution in [-0.2, 0) is 6.54 Å². The fourth-order valence-electron chi connectivity index (χ4n) is 3.46. The van der Waals surface area contributed by atoms with Crippen molar-refractivity contribution in [2.24, 2.45) is 0 Å². The van der Waals surface area contributed by atoms with Crippen molar-refractivity contribution in [2.75, 3.05) is 28.3 Å². The smallest absolute Gasteiger partial charge is 0.293 e. The van der Waals surface area contributed by atoms with E-state index in [2.05, 4.69) is 15.3 Å². The summed E-state index contributed by atoms with van der Waals surface area (Å²) in [5.74, 6) is -0.181. The number of benzene rings is 2. The average molecular weight is 438 g/mol. The number of amides is 1. The number of carbonyl (C=O) groups excluding carboxylic acids is 1. The molecule has 9 heteroatoms. The summed E-state index contributed by atoms with van der Waals surface area (Å²) in [5.41, 5.74) is 0.398. The lowest BCUT2D eigenvalue weighted by atomic mass is 10.1. The number of carbonyl (C=O) groups is 1. The molecule has 2 aromatic carbocycles. The van der Waals surface area contributed by atoms with Crippen LogP contribution >= 0.6 is 0 Å². The third-order valence-electron chi connectivity index (χ3n) is 4.94. The molecular weight excluding hydrogens is 412 g/mol. The number of aromatic nitrogens is 2. The number of hydrogen-bond acceptors (Lipinski definition) is 7. The van der Waals surface area contributed by atoms with E-state index in [1.54, 1.807) is 18.2 Å². The van der Waals surface area contributed by atoms with Gasteiger partial charge in [-0.15, -0.1) is 0 Å². The molecular formula is C23H26N4O5. The molecule has 1 aromatic heterocycles. The number of rotatable bonds is 8. The Hall–Kier alpha value is -3.85. The Labute approximate surface area is 185 Å². The van der Waals surface area contributed by atoms with Gasteiger partial charge in [-0.1, -0.05) is 42.5 Å². The Balaban J connectivity index is 1.92. The van der Waals surface area contributed by atoms with Gasteiger partial charge in [0.25, 0.3) is 11.5 Å². The highest BCUT2D eigenvalue weighted by Gasteiger charge is 2.24. The molecule has 1 unspecified atom stereocenters. The SMILES string of the molecule is COc1cccc(CNC(=O)c2nc(C(c3ccccc3)N(C)C)[nH]c(=O)c2O)c1OC. The van der Waals surface area contributed by atoms with Gasteiger partial charge in [-0.3, -0.25) is 14.5 Å². The fourth-order valence-corrected chi connectivity index (χ4v) is 3.46. The van der Waals surface area contributed by atoms with E-state index >= 15 is 0 Å². The van der Waals surface area contributed by atoms with Gasteiger partial charge < -0.3 is 24.9 Å². The van der Waals surface area contributed by atoms with Crippen LogP contribution in [0.4, 0.5) is 0 Å². The van der Waals surface area contributed by atoms with Crippen molar-refractivity contribution in [1.29, 1.82) is 0 Å². The van der Waals surface area contributed by atoms with E-state index in [0.29, 0.717) is 17.1 Å². The Bertz CT molecular complexity index is 1140. The van der Waals surface area contributed by atoms with Crippen LogP contribution in [0.3, 0.4) is 0 Å². The number of aromatic hydroxyl groups is 1. The summed E-state index contributed by atoms with van der Waals surface area (Å²) in [6.45, 7) is 0.0816. The third-order valence-corrected chi connectivity index (χ3v) is 4.94. The van der Waals surface area contributed by atoms with Crippen LogP contribution in [0.2, 0.25) is 0 Å². The Morgan fingerprint density at radius 1 is 1.12 bits per heavy atom. The van der Waals surface area contributed by atoms with Gasteiger partial charge >= 0.3 is 0 Å². The van der Waals surface area contributed by atoms with Gasteiger partial charge in [0, 0.05) is 12.1 Å². The zero-order chi connectivity index (χ0) is 23.3. The molecule has 0 aliphatic heterocycles. The highest BCUT2D eigenvalue weighted by atomic mass is 16.5. The third kappa shape index (κ3) is 4.73. The molecule has 0 saturated carbocycles. The second-order valence-corrected chi connectivity index (χ2v) is 7.26. The molecule has 0 spiro atoms. The van der Waals surface area contributed by atoms with Crippen LogP contribution < -0.4 is 20.3 Å². The first-order chi connectivity index (χ1) is 15.4. The summed E-state index contributed by atoms with van der Waals surface area (Å²) < 4.78 is 10.6. The molecule has 1 heterocycles. The quantitative estimate of drug-likeness (QED) is 0.493. The molecule has 0 fully saturated rings. The minimum atomic E-state index is -0.790. The van der Waals surface area contributed by atoms with Crippen molar-refractivity contribution in [3.8, 4) is 17.2 Å². The average Bonchev–Trinajstić information content (AvgIpc) is 2.79. The molecule has 9 nitrogen and oxygen atoms in total. The summed E-state index contributed by atoms with van der Waals surface area (Å²) in [6.07, 6.45) is 0. The Morgan fingerprint density at radius 3 is 2.47 bits per heavy atom. The zero-order valence-corrected chi connectivity index (χ0v) is 18.4. The summed E-state index contributed by atoms with van der Waals surface area (Å²) in [4.78, 5) is 34.0. The maximum atomic E-state index is 12.9. The van der Waals surface area contributed by atoms with Crippen LogP contribution in [0.1, 0.15) is 33.5 Å². The largest absolute Gasteiger partial charge is 0.501 e. The number of aromatic amines is 1. The van der Waals surface area contributed by atoms with Crippen LogP contribution in [-0.4, -0.2) is 54.2 Å².